The van der Waals surface area contributed by atoms with Crippen molar-refractivity contribution in [2.24, 2.45) is 0 Å². The van der Waals surface area contributed by atoms with Crippen molar-refractivity contribution in [2.75, 3.05) is 38.0 Å². The molecule has 0 aliphatic carbocycles. The molecular weight excluding hydrogens is 320 g/mol. The maximum absolute atomic E-state index is 12.1. The maximum Gasteiger partial charge on any atom is 0.251 e. The molecule has 1 aromatic carbocycles. The van der Waals surface area contributed by atoms with Crippen LogP contribution < -0.4 is 16.0 Å². The van der Waals surface area contributed by atoms with E-state index in [0.29, 0.717) is 30.8 Å². The number of hydrogen-bond acceptors (Lipinski definition) is 5. The van der Waals surface area contributed by atoms with Gasteiger partial charge < -0.3 is 26.0 Å². The highest BCUT2D eigenvalue weighted by Crippen LogP contribution is 2.13. The summed E-state index contributed by atoms with van der Waals surface area (Å²) in [5, 5.41) is 18.1. The monoisotopic (exact) mass is 348 g/mol. The Morgan fingerprint density at radius 2 is 1.92 bits per heavy atom. The average molecular weight is 348 g/mol. The minimum atomic E-state index is -0.474. The number of rotatable bonds is 8. The largest absolute Gasteiger partial charge is 0.392 e. The topological polar surface area (TPSA) is 93.7 Å². The van der Waals surface area contributed by atoms with Crippen LogP contribution in [0.25, 0.3) is 0 Å². The molecule has 0 saturated carbocycles. The molecule has 2 amide bonds. The fourth-order valence-electron chi connectivity index (χ4n) is 2.82. The van der Waals surface area contributed by atoms with E-state index in [1.165, 1.54) is 0 Å². The van der Waals surface area contributed by atoms with E-state index in [9.17, 15) is 14.7 Å². The number of benzene rings is 1. The SMILES string of the molecule is CCN(CC)CCNC(=O)c1ccc(NC(=O)C2CC(O)CN2)cc1. The second-order valence-corrected chi connectivity index (χ2v) is 6.20. The van der Waals surface area contributed by atoms with E-state index in [-0.39, 0.29) is 17.9 Å². The minimum absolute atomic E-state index is 0.120. The van der Waals surface area contributed by atoms with E-state index < -0.39 is 6.10 Å². The zero-order valence-electron chi connectivity index (χ0n) is 14.9. The van der Waals surface area contributed by atoms with Crippen LogP contribution in [0.3, 0.4) is 0 Å². The molecule has 4 N–H and O–H groups in total. The number of anilines is 1. The second-order valence-electron chi connectivity index (χ2n) is 6.20. The molecule has 0 radical (unpaired) electrons. The average Bonchev–Trinajstić information content (AvgIpc) is 3.06. The molecule has 2 rings (SSSR count). The van der Waals surface area contributed by atoms with Gasteiger partial charge in [0.1, 0.15) is 0 Å². The van der Waals surface area contributed by atoms with Crippen molar-refractivity contribution in [3.8, 4) is 0 Å². The van der Waals surface area contributed by atoms with Crippen molar-refractivity contribution in [3.63, 3.8) is 0 Å². The molecule has 0 aromatic heterocycles. The number of nitrogens with one attached hydrogen (secondary N) is 3. The fraction of sp³-hybridized carbons (Fsp3) is 0.556. The second kappa shape index (κ2) is 9.50. The molecule has 7 nitrogen and oxygen atoms in total. The van der Waals surface area contributed by atoms with E-state index in [1.807, 2.05) is 0 Å². The van der Waals surface area contributed by atoms with E-state index >= 15 is 0 Å². The van der Waals surface area contributed by atoms with Crippen molar-refractivity contribution in [3.05, 3.63) is 29.8 Å². The number of aliphatic hydroxyl groups excluding tert-OH is 1. The first-order valence-electron chi connectivity index (χ1n) is 8.86. The Hall–Kier alpha value is -1.96. The standard InChI is InChI=1S/C18H28N4O3/c1-3-22(4-2)10-9-19-17(24)13-5-7-14(8-6-13)21-18(25)16-11-15(23)12-20-16/h5-8,15-16,20,23H,3-4,9-12H2,1-2H3,(H,19,24)(H,21,25). The molecule has 138 valence electrons. The smallest absolute Gasteiger partial charge is 0.251 e. The van der Waals surface area contributed by atoms with Crippen LogP contribution in [0.1, 0.15) is 30.6 Å². The quantitative estimate of drug-likeness (QED) is 0.546. The van der Waals surface area contributed by atoms with Gasteiger partial charge in [-0.15, -0.1) is 0 Å². The molecule has 25 heavy (non-hydrogen) atoms. The summed E-state index contributed by atoms with van der Waals surface area (Å²) in [6.07, 6.45) is -0.0584. The van der Waals surface area contributed by atoms with Crippen molar-refractivity contribution >= 4 is 17.5 Å². The molecule has 2 unspecified atom stereocenters. The summed E-state index contributed by atoms with van der Waals surface area (Å²) in [6.45, 7) is 7.99. The third-order valence-corrected chi connectivity index (χ3v) is 4.45. The number of nitrogens with zero attached hydrogens (tertiary/aromatic N) is 1. The van der Waals surface area contributed by atoms with Crippen molar-refractivity contribution in [1.29, 1.82) is 0 Å². The van der Waals surface area contributed by atoms with Crippen molar-refractivity contribution in [2.45, 2.75) is 32.4 Å². The fourth-order valence-corrected chi connectivity index (χ4v) is 2.82. The zero-order chi connectivity index (χ0) is 18.2. The summed E-state index contributed by atoms with van der Waals surface area (Å²) in [6, 6.07) is 6.43. The molecule has 0 spiro atoms. The van der Waals surface area contributed by atoms with E-state index in [2.05, 4.69) is 34.7 Å². The first kappa shape index (κ1) is 19.4. The molecule has 1 fully saturated rings. The normalized spacial score (nSPS) is 19.8. The summed E-state index contributed by atoms with van der Waals surface area (Å²) in [4.78, 5) is 26.4. The van der Waals surface area contributed by atoms with Gasteiger partial charge >= 0.3 is 0 Å². The van der Waals surface area contributed by atoms with Crippen molar-refractivity contribution in [1.82, 2.24) is 15.5 Å². The van der Waals surface area contributed by atoms with Crippen LogP contribution in [-0.4, -0.2) is 66.7 Å². The molecule has 1 aromatic rings. The van der Waals surface area contributed by atoms with Gasteiger partial charge in [-0.05, 0) is 43.8 Å². The Labute approximate surface area is 148 Å². The summed E-state index contributed by atoms with van der Waals surface area (Å²) in [7, 11) is 0. The van der Waals surface area contributed by atoms with Crippen LogP contribution in [0.2, 0.25) is 0 Å². The summed E-state index contributed by atoms with van der Waals surface area (Å²) in [5.74, 6) is -0.293. The van der Waals surface area contributed by atoms with Gasteiger partial charge in [0.15, 0.2) is 0 Å². The number of carbonyl (C=O) groups is 2. The van der Waals surface area contributed by atoms with E-state index in [4.69, 9.17) is 0 Å². The lowest BCUT2D eigenvalue weighted by Crippen LogP contribution is -2.35. The van der Waals surface area contributed by atoms with Gasteiger partial charge in [0.2, 0.25) is 5.91 Å². The first-order valence-corrected chi connectivity index (χ1v) is 8.86. The lowest BCUT2D eigenvalue weighted by atomic mass is 10.1. The van der Waals surface area contributed by atoms with Gasteiger partial charge in [-0.3, -0.25) is 9.59 Å². The molecular formula is C18H28N4O3. The van der Waals surface area contributed by atoms with Gasteiger partial charge in [-0.25, -0.2) is 0 Å². The first-order chi connectivity index (χ1) is 12.0. The van der Waals surface area contributed by atoms with Gasteiger partial charge in [0.05, 0.1) is 12.1 Å². The number of hydrogen-bond donors (Lipinski definition) is 4. The zero-order valence-corrected chi connectivity index (χ0v) is 14.9. The Balaban J connectivity index is 1.80. The van der Waals surface area contributed by atoms with Crippen molar-refractivity contribution < 1.29 is 14.7 Å². The van der Waals surface area contributed by atoms with Crippen LogP contribution >= 0.6 is 0 Å². The third kappa shape index (κ3) is 5.81. The highest BCUT2D eigenvalue weighted by atomic mass is 16.3. The number of likely N-dealkylation sites (N-methyl/N-ethyl adjacent to an activating group) is 1. The van der Waals surface area contributed by atoms with Crippen LogP contribution in [0.4, 0.5) is 5.69 Å². The molecule has 1 heterocycles. The Bertz CT molecular complexity index is 572. The highest BCUT2D eigenvalue weighted by molar-refractivity contribution is 5.97. The molecule has 1 aliphatic rings. The summed E-state index contributed by atoms with van der Waals surface area (Å²) < 4.78 is 0. The predicted octanol–water partition coefficient (Wildman–Crippen LogP) is 0.420. The van der Waals surface area contributed by atoms with Crippen LogP contribution in [0.15, 0.2) is 24.3 Å². The summed E-state index contributed by atoms with van der Waals surface area (Å²) >= 11 is 0. The Morgan fingerprint density at radius 1 is 1.24 bits per heavy atom. The molecule has 0 bridgehead atoms. The van der Waals surface area contributed by atoms with Crippen LogP contribution in [0.5, 0.6) is 0 Å². The minimum Gasteiger partial charge on any atom is -0.392 e. The number of β-amino-alcohol motifs (C(OH)–C–C–N with tert-alkyl or cyclic N) is 1. The van der Waals surface area contributed by atoms with Gasteiger partial charge in [0, 0.05) is 30.9 Å². The lowest BCUT2D eigenvalue weighted by Gasteiger charge is -2.18. The van der Waals surface area contributed by atoms with Gasteiger partial charge in [-0.1, -0.05) is 13.8 Å². The number of aliphatic hydroxyl groups is 1. The van der Waals surface area contributed by atoms with E-state index in [1.54, 1.807) is 24.3 Å². The van der Waals surface area contributed by atoms with E-state index in [0.717, 1.165) is 19.6 Å². The maximum atomic E-state index is 12.1. The third-order valence-electron chi connectivity index (χ3n) is 4.45. The van der Waals surface area contributed by atoms with Gasteiger partial charge in [-0.2, -0.15) is 0 Å². The molecule has 7 heteroatoms. The van der Waals surface area contributed by atoms with Crippen LogP contribution in [0, 0.1) is 0 Å². The molecule has 1 saturated heterocycles. The predicted molar refractivity (Wildman–Crippen MR) is 97.6 cm³/mol. The lowest BCUT2D eigenvalue weighted by molar-refractivity contribution is -0.117. The Morgan fingerprint density at radius 3 is 2.48 bits per heavy atom. The number of amides is 2. The van der Waals surface area contributed by atoms with Gasteiger partial charge in [0.25, 0.3) is 5.91 Å². The molecule has 1 aliphatic heterocycles. The summed E-state index contributed by atoms with van der Waals surface area (Å²) in [5.41, 5.74) is 1.19. The Kier molecular flexibility index (Phi) is 7.36. The highest BCUT2D eigenvalue weighted by Gasteiger charge is 2.27. The number of carbonyl (C=O) groups excluding carboxylic acids is 2. The van der Waals surface area contributed by atoms with Crippen LogP contribution in [-0.2, 0) is 4.79 Å². The molecule has 2 atom stereocenters.